The highest BCUT2D eigenvalue weighted by atomic mass is 32.2. The van der Waals surface area contributed by atoms with Gasteiger partial charge in [0.25, 0.3) is 5.91 Å². The molecule has 40 heavy (non-hydrogen) atoms. The third kappa shape index (κ3) is 7.80. The van der Waals surface area contributed by atoms with Crippen molar-refractivity contribution < 1.29 is 9.21 Å². The zero-order valence-corrected chi connectivity index (χ0v) is 23.5. The fourth-order valence-corrected chi connectivity index (χ4v) is 5.17. The lowest BCUT2D eigenvalue weighted by Gasteiger charge is -2.35. The molecule has 0 saturated carbocycles. The van der Waals surface area contributed by atoms with Crippen molar-refractivity contribution >= 4 is 29.6 Å². The molecule has 4 aromatic rings. The van der Waals surface area contributed by atoms with Gasteiger partial charge in [0.2, 0.25) is 0 Å². The molecule has 0 atom stereocenters. The van der Waals surface area contributed by atoms with Crippen molar-refractivity contribution in [2.75, 3.05) is 37.6 Å². The Morgan fingerprint density at radius 2 is 1.82 bits per heavy atom. The molecule has 1 saturated heterocycles. The number of amides is 1. The minimum Gasteiger partial charge on any atom is -0.455 e. The van der Waals surface area contributed by atoms with E-state index in [2.05, 4.69) is 69.5 Å². The number of carbonyl (C=O) groups excluding carboxylic acids is 1. The van der Waals surface area contributed by atoms with E-state index >= 15 is 0 Å². The molecule has 0 radical (unpaired) electrons. The Morgan fingerprint density at radius 3 is 2.60 bits per heavy atom. The molecule has 1 aliphatic heterocycles. The number of nitrogens with zero attached hydrogens (tertiary/aromatic N) is 5. The van der Waals surface area contributed by atoms with Crippen molar-refractivity contribution in [1.29, 1.82) is 0 Å². The maximum Gasteiger partial charge on any atom is 0.287 e. The monoisotopic (exact) mass is 554 g/mol. The first-order chi connectivity index (χ1) is 19.7. The van der Waals surface area contributed by atoms with Crippen LogP contribution in [-0.2, 0) is 18.7 Å². The average molecular weight is 555 g/mol. The molecule has 0 unspecified atom stereocenters. The van der Waals surface area contributed by atoms with Crippen LogP contribution in [-0.4, -0.2) is 58.5 Å². The molecule has 0 aliphatic carbocycles. The van der Waals surface area contributed by atoms with Gasteiger partial charge in [0.1, 0.15) is 11.6 Å². The van der Waals surface area contributed by atoms with Gasteiger partial charge in [0.05, 0.1) is 18.0 Å². The van der Waals surface area contributed by atoms with Crippen LogP contribution in [0.3, 0.4) is 0 Å². The van der Waals surface area contributed by atoms with E-state index in [0.717, 1.165) is 61.5 Å². The Morgan fingerprint density at radius 1 is 1.00 bits per heavy atom. The van der Waals surface area contributed by atoms with Crippen molar-refractivity contribution in [3.05, 3.63) is 107 Å². The third-order valence-corrected chi connectivity index (χ3v) is 7.53. The van der Waals surface area contributed by atoms with Crippen molar-refractivity contribution in [2.24, 2.45) is 0 Å². The number of anilines is 1. The zero-order chi connectivity index (χ0) is 27.6. The van der Waals surface area contributed by atoms with Crippen molar-refractivity contribution in [2.45, 2.75) is 30.8 Å². The second kappa shape index (κ2) is 13.9. The molecule has 206 valence electrons. The van der Waals surface area contributed by atoms with Gasteiger partial charge in [-0.05, 0) is 36.2 Å². The Balaban J connectivity index is 1.13. The molecule has 5 rings (SSSR count). The molecule has 1 aromatic carbocycles. The summed E-state index contributed by atoms with van der Waals surface area (Å²) >= 11 is 1.52. The van der Waals surface area contributed by atoms with Gasteiger partial charge in [0, 0.05) is 50.7 Å². The highest BCUT2D eigenvalue weighted by Crippen LogP contribution is 2.25. The van der Waals surface area contributed by atoms with Crippen molar-refractivity contribution in [3.8, 4) is 0 Å². The molecule has 0 bridgehead atoms. The zero-order valence-electron chi connectivity index (χ0n) is 22.7. The second-order valence-corrected chi connectivity index (χ2v) is 10.5. The lowest BCUT2D eigenvalue weighted by Crippen LogP contribution is -2.46. The topological polar surface area (TPSA) is 87.4 Å². The molecule has 1 fully saturated rings. The number of aryl methyl sites for hydroxylation is 1. The molecular weight excluding hydrogens is 520 g/mol. The Hall–Kier alpha value is -3.95. The van der Waals surface area contributed by atoms with Crippen LogP contribution < -0.4 is 10.2 Å². The van der Waals surface area contributed by atoms with Gasteiger partial charge < -0.3 is 14.6 Å². The van der Waals surface area contributed by atoms with Crippen LogP contribution in [0.5, 0.6) is 0 Å². The second-order valence-electron chi connectivity index (χ2n) is 9.51. The van der Waals surface area contributed by atoms with E-state index in [4.69, 9.17) is 14.4 Å². The average Bonchev–Trinajstić information content (AvgIpc) is 3.49. The predicted molar refractivity (Wildman–Crippen MR) is 159 cm³/mol. The summed E-state index contributed by atoms with van der Waals surface area (Å²) in [6, 6.07) is 21.7. The molecule has 4 heterocycles. The molecule has 9 heteroatoms. The van der Waals surface area contributed by atoms with Crippen LogP contribution in [0.25, 0.3) is 6.08 Å². The largest absolute Gasteiger partial charge is 0.455 e. The number of pyridine rings is 1. The first-order valence-corrected chi connectivity index (χ1v) is 14.6. The highest BCUT2D eigenvalue weighted by Gasteiger charge is 2.19. The summed E-state index contributed by atoms with van der Waals surface area (Å²) in [5.41, 5.74) is 3.05. The number of rotatable bonds is 11. The lowest BCUT2D eigenvalue weighted by molar-refractivity contribution is 0.0921. The lowest BCUT2D eigenvalue weighted by atomic mass is 10.2. The first kappa shape index (κ1) is 27.6. The van der Waals surface area contributed by atoms with E-state index < -0.39 is 0 Å². The number of nitrogens with one attached hydrogen (secondary N) is 1. The summed E-state index contributed by atoms with van der Waals surface area (Å²) in [7, 11) is 0. The highest BCUT2D eigenvalue weighted by molar-refractivity contribution is 7.98. The standard InChI is InChI=1S/C31H34N6O2S/c1-2-25-21-29(37-19-17-36(18-20-37)16-8-11-24-9-4-3-5-10-24)35-31(34-25)40-23-27-13-14-28(39-27)30(38)33-22-26-12-6-7-15-32-26/h3-15,21H,2,16-20,22-23H2,1H3,(H,33,38)/b11-8+. The van der Waals surface area contributed by atoms with Gasteiger partial charge >= 0.3 is 0 Å². The Bertz CT molecular complexity index is 1400. The minimum atomic E-state index is -0.261. The Labute approximate surface area is 239 Å². The number of thioether (sulfide) groups is 1. The molecular formula is C31H34N6O2S. The maximum absolute atomic E-state index is 12.5. The molecule has 0 spiro atoms. The summed E-state index contributed by atoms with van der Waals surface area (Å²) in [6.07, 6.45) is 6.97. The van der Waals surface area contributed by atoms with E-state index in [1.807, 2.05) is 30.3 Å². The fraction of sp³-hybridized carbons (Fsp3) is 0.290. The van der Waals surface area contributed by atoms with Gasteiger partial charge in [-0.3, -0.25) is 14.7 Å². The molecule has 1 aliphatic rings. The number of hydrogen-bond donors (Lipinski definition) is 1. The molecule has 1 amide bonds. The number of aromatic nitrogens is 3. The van der Waals surface area contributed by atoms with E-state index in [0.29, 0.717) is 18.1 Å². The fourth-order valence-electron chi connectivity index (χ4n) is 4.40. The summed E-state index contributed by atoms with van der Waals surface area (Å²) in [5, 5.41) is 3.57. The van der Waals surface area contributed by atoms with E-state index in [1.165, 1.54) is 17.3 Å². The van der Waals surface area contributed by atoms with Crippen LogP contribution in [0.2, 0.25) is 0 Å². The van der Waals surface area contributed by atoms with Crippen LogP contribution in [0.4, 0.5) is 5.82 Å². The summed E-state index contributed by atoms with van der Waals surface area (Å²) in [4.78, 5) is 31.1. The summed E-state index contributed by atoms with van der Waals surface area (Å²) in [5.74, 6) is 2.25. The van der Waals surface area contributed by atoms with Gasteiger partial charge in [-0.1, -0.05) is 67.2 Å². The first-order valence-electron chi connectivity index (χ1n) is 13.6. The number of furan rings is 1. The SMILES string of the molecule is CCc1cc(N2CCN(C/C=C/c3ccccc3)CC2)nc(SCc2ccc(C(=O)NCc3ccccn3)o2)n1. The van der Waals surface area contributed by atoms with Gasteiger partial charge in [-0.15, -0.1) is 0 Å². The Kier molecular flexibility index (Phi) is 9.60. The van der Waals surface area contributed by atoms with Crippen molar-refractivity contribution in [1.82, 2.24) is 25.2 Å². The minimum absolute atomic E-state index is 0.261. The third-order valence-electron chi connectivity index (χ3n) is 6.66. The van der Waals surface area contributed by atoms with Gasteiger partial charge in [0.15, 0.2) is 10.9 Å². The maximum atomic E-state index is 12.5. The number of carbonyl (C=O) groups is 1. The van der Waals surface area contributed by atoms with E-state index in [1.54, 1.807) is 12.3 Å². The normalized spacial score (nSPS) is 14.1. The van der Waals surface area contributed by atoms with Crippen LogP contribution in [0.1, 0.15) is 40.2 Å². The molecule has 1 N–H and O–H groups in total. The van der Waals surface area contributed by atoms with E-state index in [9.17, 15) is 4.79 Å². The number of benzene rings is 1. The smallest absolute Gasteiger partial charge is 0.287 e. The number of hydrogen-bond acceptors (Lipinski definition) is 8. The van der Waals surface area contributed by atoms with Crippen LogP contribution >= 0.6 is 11.8 Å². The summed E-state index contributed by atoms with van der Waals surface area (Å²) in [6.45, 7) is 7.25. The molecule has 3 aromatic heterocycles. The molecule has 8 nitrogen and oxygen atoms in total. The van der Waals surface area contributed by atoms with Crippen LogP contribution in [0.15, 0.2) is 88.6 Å². The summed E-state index contributed by atoms with van der Waals surface area (Å²) < 4.78 is 5.80. The quantitative estimate of drug-likeness (QED) is 0.203. The predicted octanol–water partition coefficient (Wildman–Crippen LogP) is 5.08. The van der Waals surface area contributed by atoms with Gasteiger partial charge in [-0.25, -0.2) is 9.97 Å². The van der Waals surface area contributed by atoms with Crippen molar-refractivity contribution in [3.63, 3.8) is 0 Å². The van der Waals surface area contributed by atoms with Crippen LogP contribution in [0, 0.1) is 0 Å². The van der Waals surface area contributed by atoms with E-state index in [-0.39, 0.29) is 11.7 Å². The van der Waals surface area contributed by atoms with Gasteiger partial charge in [-0.2, -0.15) is 0 Å². The number of piperazine rings is 1.